The molecule has 4 rings (SSSR count). The van der Waals surface area contributed by atoms with Gasteiger partial charge in [-0.25, -0.2) is 4.99 Å². The van der Waals surface area contributed by atoms with E-state index in [9.17, 15) is 18.4 Å². The number of carbonyl (C=O) groups is 2. The van der Waals surface area contributed by atoms with Crippen molar-refractivity contribution in [3.8, 4) is 5.75 Å². The van der Waals surface area contributed by atoms with E-state index in [1.54, 1.807) is 17.0 Å². The second kappa shape index (κ2) is 11.9. The number of carbonyl (C=O) groups excluding carboxylic acids is 2. The zero-order valence-corrected chi connectivity index (χ0v) is 21.6. The van der Waals surface area contributed by atoms with Gasteiger partial charge >= 0.3 is 5.57 Å². The molecule has 2 amide bonds. The molecule has 1 aliphatic rings. The molecular weight excluding hydrogens is 543 g/mol. The monoisotopic (exact) mass is 563 g/mol. The summed E-state index contributed by atoms with van der Waals surface area (Å²) in [5.74, 6) is -0.794. The number of aliphatic imine (C=N–C) groups is 1. The molecule has 11 heteroatoms. The van der Waals surface area contributed by atoms with Gasteiger partial charge in [-0.2, -0.15) is 0 Å². The van der Waals surface area contributed by atoms with Gasteiger partial charge in [-0.1, -0.05) is 53.7 Å². The molecule has 0 unspecified atom stereocenters. The third-order valence-corrected chi connectivity index (χ3v) is 6.82. The van der Waals surface area contributed by atoms with E-state index in [2.05, 4.69) is 15.0 Å². The Morgan fingerprint density at radius 1 is 1.08 bits per heavy atom. The Kier molecular flexibility index (Phi) is 8.68. The highest BCUT2D eigenvalue weighted by atomic mass is 35.5. The first-order chi connectivity index (χ1) is 17.7. The van der Waals surface area contributed by atoms with E-state index in [4.69, 9.17) is 23.2 Å². The van der Waals surface area contributed by atoms with Crippen LogP contribution in [-0.4, -0.2) is 39.2 Å². The molecule has 1 fully saturated rings. The molecular formula is C26H21Cl2F2N3O3S. The standard InChI is InChI=1S/C26H21Cl2F2N3O3S/c27-18-8-6-17(7-9-18)14-15-33-23(34)16-22(37-25(33)32-19-4-2-1-3-5-19)24(35)31-20-10-12-21(13-11-20)36-26(28,29)30/h1-13,22H,14-16H2,(H,31,35)/t22-/m1/s1. The van der Waals surface area contributed by atoms with Crippen LogP contribution in [0.3, 0.4) is 0 Å². The number of halogens is 4. The molecule has 1 saturated heterocycles. The van der Waals surface area contributed by atoms with Crippen molar-refractivity contribution in [3.63, 3.8) is 0 Å². The number of nitrogens with one attached hydrogen (secondary N) is 1. The Morgan fingerprint density at radius 2 is 1.76 bits per heavy atom. The molecule has 0 aromatic heterocycles. The van der Waals surface area contributed by atoms with Gasteiger partial charge in [0.2, 0.25) is 11.8 Å². The van der Waals surface area contributed by atoms with Crippen molar-refractivity contribution < 1.29 is 23.1 Å². The van der Waals surface area contributed by atoms with Crippen molar-refractivity contribution >= 4 is 63.3 Å². The average Bonchev–Trinajstić information content (AvgIpc) is 2.85. The zero-order valence-electron chi connectivity index (χ0n) is 19.2. The van der Waals surface area contributed by atoms with Crippen LogP contribution >= 0.6 is 35.0 Å². The number of anilines is 1. The summed E-state index contributed by atoms with van der Waals surface area (Å²) in [4.78, 5) is 32.4. The van der Waals surface area contributed by atoms with E-state index in [0.717, 1.165) is 5.56 Å². The normalized spacial score (nSPS) is 17.1. The number of rotatable bonds is 8. The molecule has 0 aliphatic carbocycles. The molecule has 0 bridgehead atoms. The first kappa shape index (κ1) is 26.9. The van der Waals surface area contributed by atoms with Gasteiger partial charge in [0.25, 0.3) is 0 Å². The number of benzene rings is 3. The molecule has 37 heavy (non-hydrogen) atoms. The van der Waals surface area contributed by atoms with Crippen LogP contribution in [0.1, 0.15) is 12.0 Å². The van der Waals surface area contributed by atoms with Gasteiger partial charge in [0.15, 0.2) is 5.17 Å². The molecule has 6 nitrogen and oxygen atoms in total. The van der Waals surface area contributed by atoms with E-state index in [1.807, 2.05) is 42.5 Å². The van der Waals surface area contributed by atoms with E-state index in [1.165, 1.54) is 36.0 Å². The average molecular weight is 564 g/mol. The minimum atomic E-state index is -3.84. The number of nitrogens with zero attached hydrogens (tertiary/aromatic N) is 2. The Labute approximate surface area is 226 Å². The summed E-state index contributed by atoms with van der Waals surface area (Å²) < 4.78 is 29.9. The highest BCUT2D eigenvalue weighted by Crippen LogP contribution is 2.31. The fraction of sp³-hybridized carbons (Fsp3) is 0.192. The molecule has 192 valence electrons. The van der Waals surface area contributed by atoms with Gasteiger partial charge in [-0.3, -0.25) is 14.5 Å². The topological polar surface area (TPSA) is 71.0 Å². The zero-order chi connectivity index (χ0) is 26.4. The van der Waals surface area contributed by atoms with Crippen LogP contribution in [0, 0.1) is 0 Å². The molecule has 1 atom stereocenters. The molecule has 1 N–H and O–H groups in total. The largest absolute Gasteiger partial charge is 0.487 e. The fourth-order valence-corrected chi connectivity index (χ4v) is 4.87. The van der Waals surface area contributed by atoms with Crippen LogP contribution in [-0.2, 0) is 16.0 Å². The summed E-state index contributed by atoms with van der Waals surface area (Å²) in [5, 5.41) is 3.03. The lowest BCUT2D eigenvalue weighted by Crippen LogP contribution is -2.46. The minimum absolute atomic E-state index is 0.0232. The van der Waals surface area contributed by atoms with Gasteiger partial charge in [-0.05, 0) is 60.5 Å². The molecule has 3 aromatic rings. The maximum Gasteiger partial charge on any atom is 0.487 e. The summed E-state index contributed by atoms with van der Waals surface area (Å²) in [5.41, 5.74) is -1.81. The third-order valence-electron chi connectivity index (χ3n) is 5.31. The second-order valence-electron chi connectivity index (χ2n) is 8.02. The van der Waals surface area contributed by atoms with Crippen molar-refractivity contribution in [3.05, 3.63) is 89.4 Å². The van der Waals surface area contributed by atoms with E-state index in [0.29, 0.717) is 34.5 Å². The second-order valence-corrected chi connectivity index (χ2v) is 10.1. The number of amidine groups is 1. The predicted molar refractivity (Wildman–Crippen MR) is 143 cm³/mol. The van der Waals surface area contributed by atoms with Crippen LogP contribution in [0.2, 0.25) is 5.02 Å². The summed E-state index contributed by atoms with van der Waals surface area (Å²) in [6.07, 6.45) is 0.564. The Bertz CT molecular complexity index is 1270. The number of ether oxygens (including phenoxy) is 1. The fourth-order valence-electron chi connectivity index (χ4n) is 3.53. The van der Waals surface area contributed by atoms with Crippen molar-refractivity contribution in [2.24, 2.45) is 4.99 Å². The Balaban J connectivity index is 1.48. The number of amides is 2. The van der Waals surface area contributed by atoms with Crippen LogP contribution < -0.4 is 10.1 Å². The Morgan fingerprint density at radius 3 is 2.41 bits per heavy atom. The number of para-hydroxylation sites is 1. The molecule has 1 heterocycles. The van der Waals surface area contributed by atoms with E-state index in [-0.39, 0.29) is 18.1 Å². The van der Waals surface area contributed by atoms with Gasteiger partial charge in [0.1, 0.15) is 11.0 Å². The minimum Gasteiger partial charge on any atom is -0.420 e. The van der Waals surface area contributed by atoms with E-state index < -0.39 is 16.7 Å². The van der Waals surface area contributed by atoms with Gasteiger partial charge < -0.3 is 10.1 Å². The number of thioether (sulfide) groups is 1. The molecule has 1 aliphatic heterocycles. The lowest BCUT2D eigenvalue weighted by molar-refractivity contribution is -0.129. The molecule has 3 aromatic carbocycles. The van der Waals surface area contributed by atoms with Gasteiger partial charge in [0.05, 0.1) is 5.69 Å². The van der Waals surface area contributed by atoms with E-state index >= 15 is 0 Å². The number of hydrogen-bond acceptors (Lipinski definition) is 5. The van der Waals surface area contributed by atoms with Crippen LogP contribution in [0.5, 0.6) is 5.75 Å². The highest BCUT2D eigenvalue weighted by Gasteiger charge is 2.36. The van der Waals surface area contributed by atoms with Gasteiger partial charge in [0, 0.05) is 35.3 Å². The quantitative estimate of drug-likeness (QED) is 0.309. The summed E-state index contributed by atoms with van der Waals surface area (Å²) in [7, 11) is 0. The maximum atomic E-state index is 13.1. The SMILES string of the molecule is O=C(Nc1ccc(OC(F)(F)Cl)cc1)[C@H]1CC(=O)N(CCc2ccc(Cl)cc2)C(=Nc2ccccc2)S1. The molecule has 0 radical (unpaired) electrons. The van der Waals surface area contributed by atoms with Crippen molar-refractivity contribution in [2.75, 3.05) is 11.9 Å². The molecule has 0 spiro atoms. The third kappa shape index (κ3) is 7.92. The first-order valence-corrected chi connectivity index (χ1v) is 12.8. The smallest absolute Gasteiger partial charge is 0.420 e. The number of hydrogen-bond donors (Lipinski definition) is 1. The van der Waals surface area contributed by atoms with Crippen LogP contribution in [0.25, 0.3) is 0 Å². The van der Waals surface area contributed by atoms with Crippen molar-refractivity contribution in [2.45, 2.75) is 23.7 Å². The predicted octanol–water partition coefficient (Wildman–Crippen LogP) is 6.71. The van der Waals surface area contributed by atoms with Crippen molar-refractivity contribution in [1.82, 2.24) is 4.90 Å². The first-order valence-electron chi connectivity index (χ1n) is 11.2. The summed E-state index contributed by atoms with van der Waals surface area (Å²) >= 11 is 11.9. The van der Waals surface area contributed by atoms with Crippen LogP contribution in [0.4, 0.5) is 20.2 Å². The van der Waals surface area contributed by atoms with Gasteiger partial charge in [-0.15, -0.1) is 8.78 Å². The van der Waals surface area contributed by atoms with Crippen LogP contribution in [0.15, 0.2) is 83.9 Å². The van der Waals surface area contributed by atoms with Crippen molar-refractivity contribution in [1.29, 1.82) is 0 Å². The highest BCUT2D eigenvalue weighted by molar-refractivity contribution is 8.15. The lowest BCUT2D eigenvalue weighted by Gasteiger charge is -2.32. The maximum absolute atomic E-state index is 13.1. The number of alkyl halides is 3. The lowest BCUT2D eigenvalue weighted by atomic mass is 10.1. The molecule has 0 saturated carbocycles. The Hall–Kier alpha value is -3.14. The summed E-state index contributed by atoms with van der Waals surface area (Å²) in [6, 6.07) is 21.9. The summed E-state index contributed by atoms with van der Waals surface area (Å²) in [6.45, 7) is 0.389.